The van der Waals surface area contributed by atoms with Crippen LogP contribution in [0.3, 0.4) is 0 Å². The fraction of sp³-hybridized carbons (Fsp3) is 0.348. The van der Waals surface area contributed by atoms with Gasteiger partial charge in [0.25, 0.3) is 0 Å². The minimum Gasteiger partial charge on any atom is -0.469 e. The second-order valence-electron chi connectivity index (χ2n) is 15.2. The maximum Gasteiger partial charge on any atom is 0.416 e. The summed E-state index contributed by atoms with van der Waals surface area (Å²) in [7, 11) is 2.61. The van der Waals surface area contributed by atoms with E-state index in [0.29, 0.717) is 57.2 Å². The van der Waals surface area contributed by atoms with Crippen molar-refractivity contribution in [3.05, 3.63) is 114 Å². The molecule has 0 spiro atoms. The van der Waals surface area contributed by atoms with Gasteiger partial charge in [-0.25, -0.2) is 24.7 Å². The van der Waals surface area contributed by atoms with Crippen LogP contribution in [0.4, 0.5) is 13.2 Å². The molecule has 0 fully saturated rings. The Bertz CT molecular complexity index is 2540. The molecule has 0 radical (unpaired) electrons. The number of hydrogen-bond acceptors (Lipinski definition) is 7. The molecule has 3 aromatic rings. The molecule has 58 heavy (non-hydrogen) atoms. The maximum absolute atomic E-state index is 14.0. The Labute approximate surface area is 336 Å². The van der Waals surface area contributed by atoms with Gasteiger partial charge in [-0.3, -0.25) is 4.79 Å². The van der Waals surface area contributed by atoms with Gasteiger partial charge in [0.2, 0.25) is 0 Å². The Morgan fingerprint density at radius 3 is 2.22 bits per heavy atom. The van der Waals surface area contributed by atoms with E-state index in [0.717, 1.165) is 51.4 Å². The number of aromatic nitrogens is 2. The van der Waals surface area contributed by atoms with Gasteiger partial charge in [-0.05, 0) is 129 Å². The standard InChI is InChI=1S/C46H49F3N4O5/c1-11-33-28(6)37-22-41-35(19-15-31-13-16-32(17-14-31)46(47,48)49)29(7)39-20-24(2)26(4)34(18-12-25(3)54)27(5)36(21-42(55)57-9)44-43(45(56)58-10)30(8)40(23-38(33)50-37)53(44)51-52(39)41/h13-17,19-20,22-23,26,34,51H,5,11-12,18,21H2,1-4,6-10H3/b19-15+,24-20+,37-22?,40-23?,44-36-/t26-,34+/m1/s1. The molecule has 6 rings (SSSR count). The van der Waals surface area contributed by atoms with Crippen LogP contribution in [-0.2, 0) is 25.2 Å². The molecule has 2 aromatic heterocycles. The molecule has 5 heterocycles. The SMILES string of the molecule is C=C1/C(CC(=O)OC)=c2/c(C(=O)OC)c(C)c3n2Nn2c(c(/C=C/c4ccc(C(F)(F)F)cc4)c(C)c2/C=C(\C)[C@@H](C)[C@@H]1CCC(C)=O)C=C1N=C(C=3)C(CC)=C1C. The number of nitrogens with zero attached hydrogens (tertiary/aromatic N) is 3. The highest BCUT2D eigenvalue weighted by atomic mass is 19.4. The number of methoxy groups -OCH3 is 2. The van der Waals surface area contributed by atoms with Gasteiger partial charge in [-0.2, -0.15) is 13.2 Å². The lowest BCUT2D eigenvalue weighted by atomic mass is 9.76. The summed E-state index contributed by atoms with van der Waals surface area (Å²) in [6, 6.07) is 4.99. The topological polar surface area (TPSA) is 104 Å². The van der Waals surface area contributed by atoms with Crippen LogP contribution in [-0.4, -0.2) is 47.0 Å². The molecule has 1 N–H and O–H groups in total. The minimum atomic E-state index is -4.46. The molecule has 12 heteroatoms. The number of carbonyl (C=O) groups excluding carboxylic acids is 3. The van der Waals surface area contributed by atoms with Gasteiger partial charge >= 0.3 is 18.1 Å². The molecule has 0 unspecified atom stereocenters. The van der Waals surface area contributed by atoms with Crippen molar-refractivity contribution in [2.24, 2.45) is 16.8 Å². The van der Waals surface area contributed by atoms with Crippen molar-refractivity contribution in [3.63, 3.8) is 0 Å². The summed E-state index contributed by atoms with van der Waals surface area (Å²) >= 11 is 0. The van der Waals surface area contributed by atoms with Crippen molar-refractivity contribution < 1.29 is 37.0 Å². The first-order valence-corrected chi connectivity index (χ1v) is 19.3. The lowest BCUT2D eigenvalue weighted by Gasteiger charge is -2.28. The fourth-order valence-corrected chi connectivity index (χ4v) is 8.20. The molecule has 0 saturated carbocycles. The number of halogens is 3. The van der Waals surface area contributed by atoms with Crippen molar-refractivity contribution in [1.29, 1.82) is 0 Å². The second-order valence-corrected chi connectivity index (χ2v) is 15.2. The number of hydrogen-bond donors (Lipinski definition) is 1. The number of ketones is 1. The molecule has 3 aliphatic rings. The van der Waals surface area contributed by atoms with Gasteiger partial charge in [-0.15, -0.1) is 0 Å². The van der Waals surface area contributed by atoms with Crippen molar-refractivity contribution in [1.82, 2.24) is 9.35 Å². The van der Waals surface area contributed by atoms with Crippen molar-refractivity contribution in [3.8, 4) is 0 Å². The summed E-state index contributed by atoms with van der Waals surface area (Å²) in [5.41, 5.74) is 12.8. The van der Waals surface area contributed by atoms with Crippen LogP contribution >= 0.6 is 0 Å². The predicted octanol–water partition coefficient (Wildman–Crippen LogP) is 8.51. The van der Waals surface area contributed by atoms with Crippen molar-refractivity contribution in [2.75, 3.05) is 19.8 Å². The van der Waals surface area contributed by atoms with E-state index in [2.05, 4.69) is 32.0 Å². The van der Waals surface area contributed by atoms with E-state index in [4.69, 9.17) is 14.5 Å². The average Bonchev–Trinajstić information content (AvgIpc) is 3.72. The number of ether oxygens (including phenoxy) is 2. The number of Topliss-reactive ketones (excluding diaryl/α,β-unsaturated/α-hetero) is 1. The second kappa shape index (κ2) is 16.2. The highest BCUT2D eigenvalue weighted by Crippen LogP contribution is 2.39. The van der Waals surface area contributed by atoms with Crippen LogP contribution in [0.25, 0.3) is 36.0 Å². The molecule has 9 nitrogen and oxygen atoms in total. The summed E-state index contributed by atoms with van der Waals surface area (Å²) in [6.45, 7) is 18.1. The third-order valence-electron chi connectivity index (χ3n) is 11.7. The summed E-state index contributed by atoms with van der Waals surface area (Å²) in [4.78, 5) is 45.0. The number of allylic oxidation sites excluding steroid dienone is 4. The third kappa shape index (κ3) is 7.59. The first kappa shape index (κ1) is 41.7. The first-order chi connectivity index (χ1) is 27.4. The molecule has 0 saturated heterocycles. The van der Waals surface area contributed by atoms with Gasteiger partial charge in [0.15, 0.2) is 0 Å². The quantitative estimate of drug-likeness (QED) is 0.218. The molecule has 0 amide bonds. The zero-order valence-electron chi connectivity index (χ0n) is 34.4. The maximum atomic E-state index is 14.0. The molecular formula is C46H49F3N4O5. The Hall–Kier alpha value is -5.91. The summed E-state index contributed by atoms with van der Waals surface area (Å²) in [5, 5.41) is 0.947. The number of carbonyl (C=O) groups is 3. The van der Waals surface area contributed by atoms with E-state index in [-0.39, 0.29) is 36.0 Å². The van der Waals surface area contributed by atoms with Gasteiger partial charge in [0.1, 0.15) is 5.78 Å². The number of fused-ring (bicyclic) bond motifs is 1. The first-order valence-electron chi connectivity index (χ1n) is 19.3. The smallest absolute Gasteiger partial charge is 0.416 e. The van der Waals surface area contributed by atoms with E-state index in [1.165, 1.54) is 26.4 Å². The minimum absolute atomic E-state index is 0.00894. The zero-order valence-corrected chi connectivity index (χ0v) is 34.4. The highest BCUT2D eigenvalue weighted by molar-refractivity contribution is 6.23. The molecule has 3 aliphatic heterocycles. The fourth-order valence-electron chi connectivity index (χ4n) is 8.20. The van der Waals surface area contributed by atoms with E-state index < -0.39 is 23.7 Å². The lowest BCUT2D eigenvalue weighted by molar-refractivity contribution is -0.139. The number of alkyl halides is 3. The van der Waals surface area contributed by atoms with Gasteiger partial charge in [0, 0.05) is 12.0 Å². The number of rotatable bonds is 9. The molecule has 2 atom stereocenters. The Morgan fingerprint density at radius 2 is 1.62 bits per heavy atom. The number of benzene rings is 1. The van der Waals surface area contributed by atoms with Crippen LogP contribution in [0.15, 0.2) is 63.8 Å². The molecule has 4 bridgehead atoms. The zero-order chi connectivity index (χ0) is 42.4. The summed E-state index contributed by atoms with van der Waals surface area (Å²) in [5.74, 6) is -1.69. The van der Waals surface area contributed by atoms with Crippen LogP contribution in [0.1, 0.15) is 110 Å². The van der Waals surface area contributed by atoms with Gasteiger partial charge < -0.3 is 14.3 Å². The normalized spacial score (nSPS) is 19.7. The summed E-state index contributed by atoms with van der Waals surface area (Å²) < 4.78 is 54.6. The van der Waals surface area contributed by atoms with Crippen LogP contribution < -0.4 is 16.2 Å². The molecular weight excluding hydrogens is 746 g/mol. The predicted molar refractivity (Wildman–Crippen MR) is 222 cm³/mol. The lowest BCUT2D eigenvalue weighted by Crippen LogP contribution is -2.42. The molecule has 0 aliphatic carbocycles. The largest absolute Gasteiger partial charge is 0.469 e. The third-order valence-corrected chi connectivity index (χ3v) is 11.7. The Kier molecular flexibility index (Phi) is 11.6. The summed E-state index contributed by atoms with van der Waals surface area (Å²) in [6.07, 6.45) is 6.35. The Balaban J connectivity index is 1.81. The number of esters is 2. The van der Waals surface area contributed by atoms with Crippen LogP contribution in [0.5, 0.6) is 0 Å². The van der Waals surface area contributed by atoms with Crippen molar-refractivity contribution >= 4 is 59.4 Å². The number of nitrogens with one attached hydrogen (secondary N) is 1. The van der Waals surface area contributed by atoms with E-state index in [9.17, 15) is 27.6 Å². The number of aliphatic imine (C=N–C) groups is 1. The van der Waals surface area contributed by atoms with Crippen LogP contribution in [0.2, 0.25) is 0 Å². The van der Waals surface area contributed by atoms with Gasteiger partial charge in [-0.1, -0.05) is 50.3 Å². The average molecular weight is 795 g/mol. The van der Waals surface area contributed by atoms with E-state index >= 15 is 0 Å². The molecule has 304 valence electrons. The van der Waals surface area contributed by atoms with Crippen LogP contribution in [0, 0.1) is 25.7 Å². The van der Waals surface area contributed by atoms with Crippen molar-refractivity contribution in [2.45, 2.75) is 80.3 Å². The monoisotopic (exact) mass is 794 g/mol. The highest BCUT2D eigenvalue weighted by Gasteiger charge is 2.33. The molecule has 1 aromatic carbocycles. The van der Waals surface area contributed by atoms with E-state index in [1.54, 1.807) is 17.7 Å². The van der Waals surface area contributed by atoms with Gasteiger partial charge in [0.05, 0.1) is 65.3 Å². The Morgan fingerprint density at radius 1 is 0.931 bits per heavy atom. The van der Waals surface area contributed by atoms with E-state index in [1.807, 2.05) is 50.6 Å².